The molecule has 0 saturated carbocycles. The summed E-state index contributed by atoms with van der Waals surface area (Å²) in [5.41, 5.74) is 2.66. The highest BCUT2D eigenvalue weighted by Gasteiger charge is 2.25. The Morgan fingerprint density at radius 3 is 2.61 bits per heavy atom. The number of benzene rings is 2. The molecule has 1 N–H and O–H groups in total. The summed E-state index contributed by atoms with van der Waals surface area (Å²) in [5.74, 6) is -0.757. The van der Waals surface area contributed by atoms with E-state index < -0.39 is 5.97 Å². The number of esters is 1. The quantitative estimate of drug-likeness (QED) is 0.423. The minimum Gasteiger partial charge on any atom is -0.465 e. The minimum atomic E-state index is -0.460. The second-order valence-corrected chi connectivity index (χ2v) is 6.25. The van der Waals surface area contributed by atoms with Gasteiger partial charge in [-0.3, -0.25) is 4.79 Å². The molecule has 0 radical (unpaired) electrons. The number of rotatable bonds is 4. The largest absolute Gasteiger partial charge is 0.465 e. The molecule has 0 bridgehead atoms. The average molecular weight is 378 g/mol. The third-order valence-corrected chi connectivity index (χ3v) is 4.55. The highest BCUT2D eigenvalue weighted by molar-refractivity contribution is 6.19. The van der Waals surface area contributed by atoms with Gasteiger partial charge in [-0.15, -0.1) is 0 Å². The van der Waals surface area contributed by atoms with Crippen LogP contribution in [0.5, 0.6) is 0 Å². The van der Waals surface area contributed by atoms with Crippen LogP contribution in [0.3, 0.4) is 0 Å². The Morgan fingerprint density at radius 1 is 1.14 bits per heavy atom. The second kappa shape index (κ2) is 6.77. The third-order valence-electron chi connectivity index (χ3n) is 4.55. The van der Waals surface area contributed by atoms with Crippen molar-refractivity contribution in [3.05, 3.63) is 76.9 Å². The van der Waals surface area contributed by atoms with E-state index in [1.165, 1.54) is 19.2 Å². The molecule has 0 aliphatic heterocycles. The number of methoxy groups -OCH3 is 1. The molecule has 6 nitrogen and oxygen atoms in total. The fraction of sp³-hybridized carbons (Fsp3) is 0.0952. The van der Waals surface area contributed by atoms with Crippen molar-refractivity contribution in [1.82, 2.24) is 10.1 Å². The predicted molar refractivity (Wildman–Crippen MR) is 99.7 cm³/mol. The van der Waals surface area contributed by atoms with E-state index in [4.69, 9.17) is 9.26 Å². The summed E-state index contributed by atoms with van der Waals surface area (Å²) < 4.78 is 23.2. The van der Waals surface area contributed by atoms with Gasteiger partial charge in [0.2, 0.25) is 5.78 Å². The van der Waals surface area contributed by atoms with Crippen LogP contribution in [0.1, 0.15) is 32.0 Å². The van der Waals surface area contributed by atoms with Gasteiger partial charge >= 0.3 is 5.97 Å². The fourth-order valence-electron chi connectivity index (χ4n) is 3.14. The Kier molecular flexibility index (Phi) is 4.27. The number of carbonyl (C=O) groups excluding carboxylic acids is 2. The van der Waals surface area contributed by atoms with Gasteiger partial charge in [0.15, 0.2) is 0 Å². The van der Waals surface area contributed by atoms with Crippen molar-refractivity contribution in [2.75, 3.05) is 7.11 Å². The van der Waals surface area contributed by atoms with Gasteiger partial charge in [-0.25, -0.2) is 9.18 Å². The standard InChI is InChI=1S/C21H15FN2O4/c1-11-18(19(24-28-11)12-3-6-14(22)7-4-12)20(25)16-10-23-17-9-13(21(26)27-2)5-8-15(16)17/h3-10,23H,1-2H3. The van der Waals surface area contributed by atoms with Crippen molar-refractivity contribution >= 4 is 22.7 Å². The molecule has 4 aromatic rings. The Balaban J connectivity index is 1.79. The maximum Gasteiger partial charge on any atom is 0.337 e. The molecular formula is C21H15FN2O4. The van der Waals surface area contributed by atoms with E-state index in [1.807, 2.05) is 0 Å². The van der Waals surface area contributed by atoms with Crippen LogP contribution in [0.15, 0.2) is 53.2 Å². The van der Waals surface area contributed by atoms with E-state index >= 15 is 0 Å². The van der Waals surface area contributed by atoms with Gasteiger partial charge < -0.3 is 14.2 Å². The monoisotopic (exact) mass is 378 g/mol. The van der Waals surface area contributed by atoms with Gasteiger partial charge in [-0.1, -0.05) is 11.2 Å². The molecule has 0 saturated heterocycles. The van der Waals surface area contributed by atoms with Crippen LogP contribution in [0.25, 0.3) is 22.2 Å². The van der Waals surface area contributed by atoms with E-state index in [-0.39, 0.29) is 11.6 Å². The molecule has 2 heterocycles. The summed E-state index contributed by atoms with van der Waals surface area (Å²) in [7, 11) is 1.31. The lowest BCUT2D eigenvalue weighted by Gasteiger charge is -2.03. The van der Waals surface area contributed by atoms with Crippen LogP contribution in [0.2, 0.25) is 0 Å². The number of halogens is 1. The summed E-state index contributed by atoms with van der Waals surface area (Å²) in [5, 5.41) is 4.64. The molecule has 0 amide bonds. The van der Waals surface area contributed by atoms with Crippen LogP contribution in [-0.2, 0) is 4.74 Å². The molecule has 0 unspecified atom stereocenters. The van der Waals surface area contributed by atoms with Gasteiger partial charge in [-0.2, -0.15) is 0 Å². The number of fused-ring (bicyclic) bond motifs is 1. The summed E-state index contributed by atoms with van der Waals surface area (Å²) in [6.07, 6.45) is 1.58. The summed E-state index contributed by atoms with van der Waals surface area (Å²) in [6.45, 7) is 1.65. The van der Waals surface area contributed by atoms with Crippen LogP contribution in [0, 0.1) is 12.7 Å². The Hall–Kier alpha value is -3.74. The van der Waals surface area contributed by atoms with Crippen molar-refractivity contribution < 1.29 is 23.2 Å². The normalized spacial score (nSPS) is 11.0. The van der Waals surface area contributed by atoms with Gasteiger partial charge in [0.05, 0.1) is 18.2 Å². The first kappa shape index (κ1) is 17.7. The number of carbonyl (C=O) groups is 2. The number of aryl methyl sites for hydroxylation is 1. The van der Waals surface area contributed by atoms with Crippen LogP contribution < -0.4 is 0 Å². The average Bonchev–Trinajstić information content (AvgIpc) is 3.30. The van der Waals surface area contributed by atoms with E-state index in [0.29, 0.717) is 44.6 Å². The van der Waals surface area contributed by atoms with Gasteiger partial charge in [0.25, 0.3) is 0 Å². The Morgan fingerprint density at radius 2 is 1.89 bits per heavy atom. The molecule has 28 heavy (non-hydrogen) atoms. The van der Waals surface area contributed by atoms with Gasteiger partial charge in [-0.05, 0) is 43.3 Å². The number of H-pyrrole nitrogens is 1. The molecule has 0 fully saturated rings. The van der Waals surface area contributed by atoms with Gasteiger partial charge in [0.1, 0.15) is 17.3 Å². The minimum absolute atomic E-state index is 0.282. The zero-order valence-corrected chi connectivity index (χ0v) is 15.1. The van der Waals surface area contributed by atoms with Crippen molar-refractivity contribution in [1.29, 1.82) is 0 Å². The Labute approximate surface area is 158 Å². The summed E-state index contributed by atoms with van der Waals surface area (Å²) in [6, 6.07) is 10.6. The lowest BCUT2D eigenvalue weighted by Crippen LogP contribution is -2.04. The van der Waals surface area contributed by atoms with Crippen molar-refractivity contribution in [2.24, 2.45) is 0 Å². The maximum atomic E-state index is 13.3. The summed E-state index contributed by atoms with van der Waals surface area (Å²) in [4.78, 5) is 28.0. The highest BCUT2D eigenvalue weighted by Crippen LogP contribution is 2.30. The molecule has 0 atom stereocenters. The number of nitrogens with zero attached hydrogens (tertiary/aromatic N) is 1. The highest BCUT2D eigenvalue weighted by atomic mass is 19.1. The van der Waals surface area contributed by atoms with E-state index in [1.54, 1.807) is 43.5 Å². The number of aromatic amines is 1. The predicted octanol–water partition coefficient (Wildman–Crippen LogP) is 4.29. The molecular weight excluding hydrogens is 363 g/mol. The molecule has 0 aliphatic carbocycles. The molecule has 7 heteroatoms. The van der Waals surface area contributed by atoms with E-state index in [0.717, 1.165) is 0 Å². The van der Waals surface area contributed by atoms with Crippen LogP contribution in [0.4, 0.5) is 4.39 Å². The maximum absolute atomic E-state index is 13.3. The molecule has 0 spiro atoms. The molecule has 140 valence electrons. The van der Waals surface area contributed by atoms with Crippen LogP contribution in [-0.4, -0.2) is 29.0 Å². The zero-order chi connectivity index (χ0) is 19.8. The molecule has 2 aromatic heterocycles. The zero-order valence-electron chi connectivity index (χ0n) is 15.1. The Bertz CT molecular complexity index is 1210. The number of hydrogen-bond acceptors (Lipinski definition) is 5. The van der Waals surface area contributed by atoms with Gasteiger partial charge in [0, 0.05) is 28.2 Å². The molecule has 0 aliphatic rings. The molecule has 4 rings (SSSR count). The number of ketones is 1. The first-order valence-corrected chi connectivity index (χ1v) is 8.46. The first-order chi connectivity index (χ1) is 13.5. The number of aromatic nitrogens is 2. The molecule has 2 aromatic carbocycles. The van der Waals surface area contributed by atoms with Crippen molar-refractivity contribution in [3.8, 4) is 11.3 Å². The lowest BCUT2D eigenvalue weighted by molar-refractivity contribution is 0.0600. The third kappa shape index (κ3) is 2.87. The second-order valence-electron chi connectivity index (χ2n) is 6.25. The van der Waals surface area contributed by atoms with Crippen molar-refractivity contribution in [2.45, 2.75) is 6.92 Å². The first-order valence-electron chi connectivity index (χ1n) is 8.46. The lowest BCUT2D eigenvalue weighted by atomic mass is 9.97. The topological polar surface area (TPSA) is 85.2 Å². The van der Waals surface area contributed by atoms with Crippen LogP contribution >= 0.6 is 0 Å². The van der Waals surface area contributed by atoms with Crippen molar-refractivity contribution in [3.63, 3.8) is 0 Å². The smallest absolute Gasteiger partial charge is 0.337 e. The number of hydrogen-bond donors (Lipinski definition) is 1. The summed E-state index contributed by atoms with van der Waals surface area (Å²) >= 11 is 0. The fourth-order valence-corrected chi connectivity index (χ4v) is 3.14. The van der Waals surface area contributed by atoms with E-state index in [9.17, 15) is 14.0 Å². The number of nitrogens with one attached hydrogen (secondary N) is 1. The SMILES string of the molecule is COC(=O)c1ccc2c(C(=O)c3c(-c4ccc(F)cc4)noc3C)c[nH]c2c1. The van der Waals surface area contributed by atoms with E-state index in [2.05, 4.69) is 10.1 Å². The number of ether oxygens (including phenoxy) is 1.